The second kappa shape index (κ2) is 5.37. The van der Waals surface area contributed by atoms with E-state index in [2.05, 4.69) is 82.5 Å². The lowest BCUT2D eigenvalue weighted by Crippen LogP contribution is -2.04. The van der Waals surface area contributed by atoms with Crippen molar-refractivity contribution in [3.8, 4) is 0 Å². The molecule has 2 heterocycles. The van der Waals surface area contributed by atoms with Gasteiger partial charge >= 0.3 is 0 Å². The molecule has 0 spiro atoms. The summed E-state index contributed by atoms with van der Waals surface area (Å²) in [7, 11) is 0. The molecule has 2 aromatic heterocycles. The maximum atomic E-state index is 4.62. The van der Waals surface area contributed by atoms with E-state index in [-0.39, 0.29) is 0 Å². The van der Waals surface area contributed by atoms with Gasteiger partial charge in [-0.25, -0.2) is 4.98 Å². The lowest BCUT2D eigenvalue weighted by Gasteiger charge is -2.08. The van der Waals surface area contributed by atoms with Gasteiger partial charge in [0.25, 0.3) is 0 Å². The van der Waals surface area contributed by atoms with Crippen LogP contribution in [0.5, 0.6) is 0 Å². The number of hydrogen-bond donors (Lipinski definition) is 1. The van der Waals surface area contributed by atoms with Crippen LogP contribution in [0.2, 0.25) is 0 Å². The van der Waals surface area contributed by atoms with E-state index in [1.807, 2.05) is 0 Å². The van der Waals surface area contributed by atoms with Gasteiger partial charge in [-0.2, -0.15) is 0 Å². The Kier molecular flexibility index (Phi) is 3.72. The Hall–Kier alpha value is -1.08. The maximum absolute atomic E-state index is 4.62. The lowest BCUT2D eigenvalue weighted by atomic mass is 10.2. The average molecular weight is 397 g/mol. The van der Waals surface area contributed by atoms with Crippen molar-refractivity contribution in [1.82, 2.24) is 9.38 Å². The van der Waals surface area contributed by atoms with Gasteiger partial charge in [0.1, 0.15) is 0 Å². The molecule has 20 heavy (non-hydrogen) atoms. The number of aromatic nitrogens is 2. The van der Waals surface area contributed by atoms with Gasteiger partial charge in [0.2, 0.25) is 0 Å². The van der Waals surface area contributed by atoms with Crippen molar-refractivity contribution in [2.75, 3.05) is 5.32 Å². The van der Waals surface area contributed by atoms with Gasteiger partial charge in [-0.15, -0.1) is 11.3 Å². The molecule has 0 amide bonds. The fraction of sp³-hybridized carbons (Fsp3) is 0.267. The standard InChI is InChI=1S/C15H16IN3S/c1-9-4-5-12(6-13(9)16)17-7-14-11(3)18-15-19(14)8-10(2)20-15/h4-6,8,17H,7H2,1-3H3. The van der Waals surface area contributed by atoms with Crippen LogP contribution in [-0.4, -0.2) is 9.38 Å². The number of nitrogens with zero attached hydrogens (tertiary/aromatic N) is 2. The Morgan fingerprint density at radius 3 is 2.85 bits per heavy atom. The van der Waals surface area contributed by atoms with Crippen molar-refractivity contribution < 1.29 is 0 Å². The third-order valence-corrected chi connectivity index (χ3v) is 5.43. The van der Waals surface area contributed by atoms with E-state index in [0.717, 1.165) is 22.9 Å². The molecule has 1 aromatic carbocycles. The summed E-state index contributed by atoms with van der Waals surface area (Å²) in [5.41, 5.74) is 4.80. The van der Waals surface area contributed by atoms with Crippen LogP contribution in [0.4, 0.5) is 5.69 Å². The summed E-state index contributed by atoms with van der Waals surface area (Å²) in [6.07, 6.45) is 2.16. The van der Waals surface area contributed by atoms with Crippen LogP contribution < -0.4 is 5.32 Å². The SMILES string of the molecule is Cc1cn2c(CNc3ccc(C)c(I)c3)c(C)nc2s1. The summed E-state index contributed by atoms with van der Waals surface area (Å²) in [6, 6.07) is 6.46. The van der Waals surface area contributed by atoms with Crippen molar-refractivity contribution in [1.29, 1.82) is 0 Å². The molecule has 0 unspecified atom stereocenters. The highest BCUT2D eigenvalue weighted by Crippen LogP contribution is 2.22. The molecule has 0 aliphatic heterocycles. The molecule has 5 heteroatoms. The smallest absolute Gasteiger partial charge is 0.194 e. The quantitative estimate of drug-likeness (QED) is 0.658. The predicted octanol–water partition coefficient (Wildman–Crippen LogP) is 4.54. The van der Waals surface area contributed by atoms with Gasteiger partial charge < -0.3 is 5.32 Å². The second-order valence-corrected chi connectivity index (χ2v) is 7.33. The first-order valence-electron chi connectivity index (χ1n) is 6.48. The molecule has 0 saturated carbocycles. The number of hydrogen-bond acceptors (Lipinski definition) is 3. The fourth-order valence-electron chi connectivity index (χ4n) is 2.21. The lowest BCUT2D eigenvalue weighted by molar-refractivity contribution is 0.991. The number of aryl methyl sites for hydroxylation is 3. The van der Waals surface area contributed by atoms with E-state index < -0.39 is 0 Å². The van der Waals surface area contributed by atoms with Crippen LogP contribution in [0.1, 0.15) is 21.8 Å². The molecule has 0 radical (unpaired) electrons. The summed E-state index contributed by atoms with van der Waals surface area (Å²) in [4.78, 5) is 6.99. The molecule has 3 rings (SSSR count). The van der Waals surface area contributed by atoms with Crippen molar-refractivity contribution in [3.05, 3.63) is 49.8 Å². The van der Waals surface area contributed by atoms with Crippen molar-refractivity contribution in [3.63, 3.8) is 0 Å². The Morgan fingerprint density at radius 2 is 2.10 bits per heavy atom. The van der Waals surface area contributed by atoms with Crippen molar-refractivity contribution in [2.45, 2.75) is 27.3 Å². The molecule has 0 fully saturated rings. The average Bonchev–Trinajstić information content (AvgIpc) is 2.87. The number of halogens is 1. The Balaban J connectivity index is 1.85. The fourth-order valence-corrected chi connectivity index (χ4v) is 3.62. The first kappa shape index (κ1) is 13.9. The summed E-state index contributed by atoms with van der Waals surface area (Å²) < 4.78 is 3.48. The van der Waals surface area contributed by atoms with Crippen molar-refractivity contribution >= 4 is 44.6 Å². The van der Waals surface area contributed by atoms with Crippen LogP contribution in [0.3, 0.4) is 0 Å². The highest BCUT2D eigenvalue weighted by molar-refractivity contribution is 14.1. The largest absolute Gasteiger partial charge is 0.379 e. The highest BCUT2D eigenvalue weighted by atomic mass is 127. The zero-order valence-electron chi connectivity index (χ0n) is 11.7. The number of anilines is 1. The minimum Gasteiger partial charge on any atom is -0.379 e. The zero-order chi connectivity index (χ0) is 14.3. The van der Waals surface area contributed by atoms with Gasteiger partial charge in [-0.1, -0.05) is 6.07 Å². The number of thiazole rings is 1. The first-order chi connectivity index (χ1) is 9.54. The zero-order valence-corrected chi connectivity index (χ0v) is 14.7. The molecule has 3 aromatic rings. The molecule has 0 saturated heterocycles. The number of rotatable bonds is 3. The minimum absolute atomic E-state index is 0.794. The maximum Gasteiger partial charge on any atom is 0.194 e. The molecule has 104 valence electrons. The topological polar surface area (TPSA) is 29.3 Å². The third-order valence-electron chi connectivity index (χ3n) is 3.37. The minimum atomic E-state index is 0.794. The molecule has 0 bridgehead atoms. The van der Waals surface area contributed by atoms with Gasteiger partial charge in [0.05, 0.1) is 17.9 Å². The van der Waals surface area contributed by atoms with Crippen LogP contribution in [0.15, 0.2) is 24.4 Å². The first-order valence-corrected chi connectivity index (χ1v) is 8.38. The Bertz CT molecular complexity index is 773. The van der Waals surface area contributed by atoms with E-state index in [1.165, 1.54) is 19.7 Å². The van der Waals surface area contributed by atoms with Crippen LogP contribution in [0.25, 0.3) is 4.96 Å². The molecule has 0 atom stereocenters. The van der Waals surface area contributed by atoms with Crippen LogP contribution in [0, 0.1) is 24.3 Å². The van der Waals surface area contributed by atoms with E-state index >= 15 is 0 Å². The summed E-state index contributed by atoms with van der Waals surface area (Å²) in [5, 5.41) is 3.50. The van der Waals surface area contributed by atoms with Gasteiger partial charge in [0.15, 0.2) is 4.96 Å². The summed E-state index contributed by atoms with van der Waals surface area (Å²) in [5.74, 6) is 0. The van der Waals surface area contributed by atoms with E-state index in [4.69, 9.17) is 0 Å². The number of fused-ring (bicyclic) bond motifs is 1. The number of nitrogens with one attached hydrogen (secondary N) is 1. The number of imidazole rings is 1. The van der Waals surface area contributed by atoms with E-state index in [0.29, 0.717) is 0 Å². The van der Waals surface area contributed by atoms with Gasteiger partial charge in [-0.3, -0.25) is 4.40 Å². The van der Waals surface area contributed by atoms with Crippen molar-refractivity contribution in [2.24, 2.45) is 0 Å². The second-order valence-electron chi connectivity index (χ2n) is 4.96. The molecule has 3 nitrogen and oxygen atoms in total. The van der Waals surface area contributed by atoms with Gasteiger partial charge in [0, 0.05) is 20.3 Å². The molecular weight excluding hydrogens is 381 g/mol. The molecule has 0 aliphatic carbocycles. The molecule has 0 aliphatic rings. The Morgan fingerprint density at radius 1 is 1.30 bits per heavy atom. The monoisotopic (exact) mass is 397 g/mol. The van der Waals surface area contributed by atoms with Gasteiger partial charge in [-0.05, 0) is 61.1 Å². The predicted molar refractivity (Wildman–Crippen MR) is 93.8 cm³/mol. The summed E-state index contributed by atoms with van der Waals surface area (Å²) >= 11 is 4.11. The normalized spacial score (nSPS) is 11.2. The molecule has 1 N–H and O–H groups in total. The summed E-state index contributed by atoms with van der Waals surface area (Å²) in [6.45, 7) is 7.12. The van der Waals surface area contributed by atoms with Crippen LogP contribution >= 0.6 is 33.9 Å². The number of benzene rings is 1. The van der Waals surface area contributed by atoms with E-state index in [1.54, 1.807) is 11.3 Å². The third kappa shape index (κ3) is 2.56. The van der Waals surface area contributed by atoms with Crippen LogP contribution in [-0.2, 0) is 6.54 Å². The highest BCUT2D eigenvalue weighted by Gasteiger charge is 2.10. The van der Waals surface area contributed by atoms with E-state index in [9.17, 15) is 0 Å². The Labute approximate surface area is 136 Å². The molecular formula is C15H16IN3S.